The number of ether oxygens (including phenoxy) is 1. The van der Waals surface area contributed by atoms with Crippen molar-refractivity contribution >= 4 is 28.2 Å². The third-order valence-corrected chi connectivity index (χ3v) is 2.98. The van der Waals surface area contributed by atoms with Gasteiger partial charge in [-0.25, -0.2) is 4.98 Å². The van der Waals surface area contributed by atoms with Gasteiger partial charge in [0.05, 0.1) is 35.2 Å². The topological polar surface area (TPSA) is 53.1 Å². The molecule has 0 saturated heterocycles. The molecular formula is C14H19N3OS. The zero-order valence-corrected chi connectivity index (χ0v) is 12.1. The maximum Gasteiger partial charge on any atom is 0.116 e. The molecule has 0 fully saturated rings. The molecule has 1 aromatic heterocycles. The number of rotatable bonds is 6. The molecule has 0 saturated carbocycles. The predicted molar refractivity (Wildman–Crippen MR) is 81.3 cm³/mol. The van der Waals surface area contributed by atoms with Gasteiger partial charge in [-0.1, -0.05) is 24.4 Å². The Bertz CT molecular complexity index is 577. The molecule has 0 spiro atoms. The van der Waals surface area contributed by atoms with E-state index in [2.05, 4.69) is 15.6 Å². The summed E-state index contributed by atoms with van der Waals surface area (Å²) >= 11 is 4.99. The molecular weight excluding hydrogens is 258 g/mol. The van der Waals surface area contributed by atoms with Crippen molar-refractivity contribution in [1.29, 1.82) is 0 Å². The van der Waals surface area contributed by atoms with Gasteiger partial charge in [-0.15, -0.1) is 0 Å². The summed E-state index contributed by atoms with van der Waals surface area (Å²) in [6.07, 6.45) is 0.750. The van der Waals surface area contributed by atoms with E-state index in [0.717, 1.165) is 23.4 Å². The van der Waals surface area contributed by atoms with Crippen LogP contribution >= 0.6 is 12.2 Å². The molecule has 0 aliphatic carbocycles. The Hall–Kier alpha value is -1.46. The van der Waals surface area contributed by atoms with Gasteiger partial charge >= 0.3 is 0 Å². The fourth-order valence-corrected chi connectivity index (χ4v) is 2.17. The third-order valence-electron chi connectivity index (χ3n) is 2.83. The van der Waals surface area contributed by atoms with Crippen molar-refractivity contribution < 1.29 is 4.74 Å². The molecule has 4 nitrogen and oxygen atoms in total. The molecule has 2 N–H and O–H groups in total. The molecule has 1 aromatic carbocycles. The first kappa shape index (κ1) is 14.0. The minimum absolute atomic E-state index is 0.230. The highest BCUT2D eigenvalue weighted by molar-refractivity contribution is 7.80. The zero-order chi connectivity index (χ0) is 13.8. The van der Waals surface area contributed by atoms with Crippen molar-refractivity contribution in [3.8, 4) is 0 Å². The highest BCUT2D eigenvalue weighted by Crippen LogP contribution is 2.16. The molecule has 2 rings (SSSR count). The van der Waals surface area contributed by atoms with E-state index in [0.29, 0.717) is 18.0 Å². The van der Waals surface area contributed by atoms with Crippen molar-refractivity contribution in [2.75, 3.05) is 6.61 Å². The fraction of sp³-hybridized carbons (Fsp3) is 0.429. The molecule has 0 unspecified atom stereocenters. The minimum Gasteiger partial charge on any atom is -0.393 e. The van der Waals surface area contributed by atoms with E-state index in [1.807, 2.05) is 32.0 Å². The van der Waals surface area contributed by atoms with Crippen LogP contribution in [0.5, 0.6) is 0 Å². The van der Waals surface area contributed by atoms with E-state index >= 15 is 0 Å². The molecule has 19 heavy (non-hydrogen) atoms. The first-order valence-electron chi connectivity index (χ1n) is 6.42. The molecule has 2 aromatic rings. The van der Waals surface area contributed by atoms with Gasteiger partial charge in [0.25, 0.3) is 0 Å². The Morgan fingerprint density at radius 1 is 1.42 bits per heavy atom. The summed E-state index contributed by atoms with van der Waals surface area (Å²) in [5.74, 6) is 0.904. The van der Waals surface area contributed by atoms with Crippen molar-refractivity contribution in [3.63, 3.8) is 0 Å². The number of aromatic nitrogens is 2. The summed E-state index contributed by atoms with van der Waals surface area (Å²) in [5, 5.41) is 0. The molecule has 0 radical (unpaired) electrons. The summed E-state index contributed by atoms with van der Waals surface area (Å²) in [5.41, 5.74) is 7.71. The maximum atomic E-state index is 5.64. The van der Waals surface area contributed by atoms with Crippen LogP contribution in [-0.2, 0) is 17.7 Å². The smallest absolute Gasteiger partial charge is 0.116 e. The normalized spacial score (nSPS) is 11.3. The monoisotopic (exact) mass is 277 g/mol. The Morgan fingerprint density at radius 2 is 2.16 bits per heavy atom. The van der Waals surface area contributed by atoms with Crippen LogP contribution in [0.4, 0.5) is 0 Å². The molecule has 0 atom stereocenters. The number of benzene rings is 1. The van der Waals surface area contributed by atoms with Gasteiger partial charge in [0.15, 0.2) is 0 Å². The Labute approximate surface area is 118 Å². The van der Waals surface area contributed by atoms with Crippen molar-refractivity contribution in [2.45, 2.75) is 32.9 Å². The number of nitrogens with zero attached hydrogens (tertiary/aromatic N) is 2. The highest BCUT2D eigenvalue weighted by atomic mass is 32.1. The van der Waals surface area contributed by atoms with Crippen LogP contribution in [-0.4, -0.2) is 27.3 Å². The van der Waals surface area contributed by atoms with Crippen molar-refractivity contribution in [2.24, 2.45) is 5.73 Å². The van der Waals surface area contributed by atoms with E-state index < -0.39 is 0 Å². The number of para-hydroxylation sites is 2. The van der Waals surface area contributed by atoms with Gasteiger partial charge in [0, 0.05) is 6.54 Å². The standard InChI is InChI=1S/C14H19N3OS/c1-10(2)18-8-7-17-12-6-4-3-5-11(12)16-14(17)9-13(15)19/h3-6,10H,7-9H2,1-2H3,(H2,15,19). The lowest BCUT2D eigenvalue weighted by molar-refractivity contribution is 0.0729. The van der Waals surface area contributed by atoms with E-state index in [1.165, 1.54) is 0 Å². The van der Waals surface area contributed by atoms with E-state index in [4.69, 9.17) is 22.7 Å². The van der Waals surface area contributed by atoms with E-state index in [9.17, 15) is 0 Å². The largest absolute Gasteiger partial charge is 0.393 e. The second kappa shape index (κ2) is 6.12. The summed E-state index contributed by atoms with van der Waals surface area (Å²) in [6, 6.07) is 8.04. The average molecular weight is 277 g/mol. The van der Waals surface area contributed by atoms with Crippen LogP contribution in [0.15, 0.2) is 24.3 Å². The van der Waals surface area contributed by atoms with Crippen molar-refractivity contribution in [3.05, 3.63) is 30.1 Å². The number of hydrogen-bond acceptors (Lipinski definition) is 3. The number of hydrogen-bond donors (Lipinski definition) is 1. The summed E-state index contributed by atoms with van der Waals surface area (Å²) in [4.78, 5) is 5.05. The second-order valence-electron chi connectivity index (χ2n) is 4.73. The first-order valence-corrected chi connectivity index (χ1v) is 6.83. The van der Waals surface area contributed by atoms with Gasteiger partial charge in [0.2, 0.25) is 0 Å². The Balaban J connectivity index is 2.28. The zero-order valence-electron chi connectivity index (χ0n) is 11.3. The summed E-state index contributed by atoms with van der Waals surface area (Å²) < 4.78 is 7.75. The van der Waals surface area contributed by atoms with Crippen LogP contribution in [0.1, 0.15) is 19.7 Å². The maximum absolute atomic E-state index is 5.64. The number of fused-ring (bicyclic) bond motifs is 1. The van der Waals surface area contributed by atoms with E-state index in [1.54, 1.807) is 0 Å². The molecule has 0 aliphatic rings. The van der Waals surface area contributed by atoms with Gasteiger partial charge in [-0.05, 0) is 26.0 Å². The van der Waals surface area contributed by atoms with Crippen LogP contribution < -0.4 is 5.73 Å². The van der Waals surface area contributed by atoms with E-state index in [-0.39, 0.29) is 6.10 Å². The minimum atomic E-state index is 0.230. The lowest BCUT2D eigenvalue weighted by Crippen LogP contribution is -2.17. The van der Waals surface area contributed by atoms with Gasteiger partial charge in [0.1, 0.15) is 5.82 Å². The van der Waals surface area contributed by atoms with Gasteiger partial charge < -0.3 is 15.0 Å². The molecule has 5 heteroatoms. The Kier molecular flexibility index (Phi) is 4.50. The molecule has 1 heterocycles. The molecule has 102 valence electrons. The van der Waals surface area contributed by atoms with Crippen LogP contribution in [0.2, 0.25) is 0 Å². The summed E-state index contributed by atoms with van der Waals surface area (Å²) in [7, 11) is 0. The average Bonchev–Trinajstić information content (AvgIpc) is 2.66. The number of imidazole rings is 1. The van der Waals surface area contributed by atoms with Crippen LogP contribution in [0.25, 0.3) is 11.0 Å². The lowest BCUT2D eigenvalue weighted by atomic mass is 10.3. The predicted octanol–water partition coefficient (Wildman–Crippen LogP) is 2.29. The lowest BCUT2D eigenvalue weighted by Gasteiger charge is -2.11. The summed E-state index contributed by atoms with van der Waals surface area (Å²) in [6.45, 7) is 5.48. The molecule has 0 aliphatic heterocycles. The highest BCUT2D eigenvalue weighted by Gasteiger charge is 2.11. The van der Waals surface area contributed by atoms with Gasteiger partial charge in [-0.3, -0.25) is 0 Å². The second-order valence-corrected chi connectivity index (χ2v) is 5.26. The fourth-order valence-electron chi connectivity index (χ4n) is 2.05. The SMILES string of the molecule is CC(C)OCCn1c(CC(N)=S)nc2ccccc21. The van der Waals surface area contributed by atoms with Crippen molar-refractivity contribution in [1.82, 2.24) is 9.55 Å². The Morgan fingerprint density at radius 3 is 2.84 bits per heavy atom. The van der Waals surface area contributed by atoms with Crippen LogP contribution in [0, 0.1) is 0 Å². The number of nitrogens with two attached hydrogens (primary N) is 1. The quantitative estimate of drug-likeness (QED) is 0.823. The third kappa shape index (κ3) is 3.52. The first-order chi connectivity index (χ1) is 9.08. The number of thiocarbonyl (C=S) groups is 1. The molecule has 0 bridgehead atoms. The molecule has 0 amide bonds. The van der Waals surface area contributed by atoms with Gasteiger partial charge in [-0.2, -0.15) is 0 Å². The van der Waals surface area contributed by atoms with Crippen LogP contribution in [0.3, 0.4) is 0 Å².